The number of hydrogen-bond donors (Lipinski definition) is 1. The van der Waals surface area contributed by atoms with E-state index in [1.54, 1.807) is 24.1 Å². The van der Waals surface area contributed by atoms with Crippen molar-refractivity contribution in [2.45, 2.75) is 52.2 Å². The smallest absolute Gasteiger partial charge is 0.250 e. The van der Waals surface area contributed by atoms with Gasteiger partial charge in [0.2, 0.25) is 11.8 Å². The van der Waals surface area contributed by atoms with Crippen LogP contribution in [0.3, 0.4) is 0 Å². The van der Waals surface area contributed by atoms with E-state index in [1.807, 2.05) is 44.4 Å². The molecule has 1 aromatic heterocycles. The van der Waals surface area contributed by atoms with E-state index in [1.165, 1.54) is 16.2 Å². The van der Waals surface area contributed by atoms with Gasteiger partial charge >= 0.3 is 0 Å². The summed E-state index contributed by atoms with van der Waals surface area (Å²) in [6.45, 7) is 7.64. The van der Waals surface area contributed by atoms with E-state index in [0.29, 0.717) is 12.4 Å². The van der Waals surface area contributed by atoms with Gasteiger partial charge in [-0.3, -0.25) is 14.4 Å². The highest BCUT2D eigenvalue weighted by atomic mass is 32.1. The Balaban J connectivity index is 1.91. The number of allylic oxidation sites excluding steroid dienone is 2. The number of aliphatic imine (C=N–C) groups is 1. The predicted molar refractivity (Wildman–Crippen MR) is 113 cm³/mol. The summed E-state index contributed by atoms with van der Waals surface area (Å²) >= 11 is 1.53. The minimum Gasteiger partial charge on any atom is -0.352 e. The van der Waals surface area contributed by atoms with Crippen LogP contribution in [0.15, 0.2) is 46.4 Å². The molecule has 3 rings (SSSR count). The highest BCUT2D eigenvalue weighted by molar-refractivity contribution is 7.09. The summed E-state index contributed by atoms with van der Waals surface area (Å²) in [6.07, 6.45) is 5.42. The van der Waals surface area contributed by atoms with Crippen LogP contribution in [0.4, 0.5) is 0 Å². The number of rotatable bonds is 6. The molecule has 0 aliphatic carbocycles. The monoisotopic (exact) mass is 414 g/mol. The van der Waals surface area contributed by atoms with Crippen molar-refractivity contribution in [2.75, 3.05) is 6.54 Å². The highest BCUT2D eigenvalue weighted by Crippen LogP contribution is 2.31. The summed E-state index contributed by atoms with van der Waals surface area (Å²) in [5.41, 5.74) is -0.187. The van der Waals surface area contributed by atoms with Crippen molar-refractivity contribution in [2.24, 2.45) is 4.99 Å². The standard InChI is InChI=1S/C21H26N4O3S/c1-14(2)22-19(27)13-24(12-16-6-5-9-29-16)20(28)21(4)11-18(26)23-17-10-15(3)7-8-25(17)21/h5-10,14H,11-13H2,1-4H3,(H,22,27)/t21-/m1/s1. The lowest BCUT2D eigenvalue weighted by Crippen LogP contribution is -2.61. The van der Waals surface area contributed by atoms with E-state index in [4.69, 9.17) is 0 Å². The molecule has 0 spiro atoms. The number of nitrogens with one attached hydrogen (secondary N) is 1. The fraction of sp³-hybridized carbons (Fsp3) is 0.429. The van der Waals surface area contributed by atoms with Gasteiger partial charge in [0.25, 0.3) is 5.91 Å². The molecule has 0 bridgehead atoms. The van der Waals surface area contributed by atoms with E-state index < -0.39 is 5.54 Å². The first-order valence-electron chi connectivity index (χ1n) is 9.57. The maximum absolute atomic E-state index is 13.7. The molecule has 2 aliphatic heterocycles. The molecule has 2 aliphatic rings. The van der Waals surface area contributed by atoms with Crippen LogP contribution in [0.1, 0.15) is 39.0 Å². The minimum atomic E-state index is -1.14. The molecule has 0 fully saturated rings. The number of carbonyl (C=O) groups is 3. The summed E-state index contributed by atoms with van der Waals surface area (Å²) < 4.78 is 0. The average Bonchev–Trinajstić information content (AvgIpc) is 3.12. The summed E-state index contributed by atoms with van der Waals surface area (Å²) in [6, 6.07) is 3.82. The zero-order valence-corrected chi connectivity index (χ0v) is 18.0. The third-order valence-electron chi connectivity index (χ3n) is 4.82. The Hall–Kier alpha value is -2.74. The van der Waals surface area contributed by atoms with Crippen LogP contribution in [-0.4, -0.2) is 51.5 Å². The topological polar surface area (TPSA) is 82.1 Å². The Morgan fingerprint density at radius 1 is 1.41 bits per heavy atom. The second kappa shape index (κ2) is 8.32. The number of amidine groups is 1. The predicted octanol–water partition coefficient (Wildman–Crippen LogP) is 2.46. The van der Waals surface area contributed by atoms with Crippen LogP contribution in [0.2, 0.25) is 0 Å². The molecule has 0 aromatic carbocycles. The molecule has 0 unspecified atom stereocenters. The molecule has 29 heavy (non-hydrogen) atoms. The molecule has 1 N–H and O–H groups in total. The van der Waals surface area contributed by atoms with E-state index in [-0.39, 0.29) is 36.7 Å². The Bertz CT molecular complexity index is 901. The Morgan fingerprint density at radius 3 is 2.83 bits per heavy atom. The van der Waals surface area contributed by atoms with E-state index in [9.17, 15) is 14.4 Å². The Kier molecular flexibility index (Phi) is 6.02. The van der Waals surface area contributed by atoms with Crippen molar-refractivity contribution in [1.29, 1.82) is 0 Å². The largest absolute Gasteiger partial charge is 0.352 e. The van der Waals surface area contributed by atoms with Crippen LogP contribution >= 0.6 is 11.3 Å². The number of nitrogens with zero attached hydrogens (tertiary/aromatic N) is 3. The third kappa shape index (κ3) is 4.64. The first-order valence-corrected chi connectivity index (χ1v) is 10.5. The lowest BCUT2D eigenvalue weighted by molar-refractivity contribution is -0.146. The molecule has 7 nitrogen and oxygen atoms in total. The SMILES string of the molecule is CC1=CC2=NC(=O)C[C@](C)(C(=O)N(CC(=O)NC(C)C)Cc3cccs3)N2C=C1. The van der Waals surface area contributed by atoms with Gasteiger partial charge in [0.1, 0.15) is 11.4 Å². The first-order chi connectivity index (χ1) is 13.7. The molecular weight excluding hydrogens is 388 g/mol. The number of fused-ring (bicyclic) bond motifs is 1. The van der Waals surface area contributed by atoms with Gasteiger partial charge in [-0.2, -0.15) is 4.99 Å². The van der Waals surface area contributed by atoms with E-state index >= 15 is 0 Å². The van der Waals surface area contributed by atoms with Gasteiger partial charge in [0.15, 0.2) is 0 Å². The van der Waals surface area contributed by atoms with Crippen LogP contribution in [-0.2, 0) is 20.9 Å². The second-order valence-electron chi connectivity index (χ2n) is 7.85. The number of thiophene rings is 1. The summed E-state index contributed by atoms with van der Waals surface area (Å²) in [5.74, 6) is -0.383. The van der Waals surface area contributed by atoms with Crippen molar-refractivity contribution in [3.63, 3.8) is 0 Å². The molecule has 8 heteroatoms. The van der Waals surface area contributed by atoms with Gasteiger partial charge in [-0.25, -0.2) is 0 Å². The molecule has 154 valence electrons. The number of hydrogen-bond acceptors (Lipinski definition) is 5. The van der Waals surface area contributed by atoms with Gasteiger partial charge in [-0.15, -0.1) is 11.3 Å². The lowest BCUT2D eigenvalue weighted by Gasteiger charge is -2.44. The molecule has 1 aromatic rings. The zero-order valence-electron chi connectivity index (χ0n) is 17.1. The average molecular weight is 415 g/mol. The van der Waals surface area contributed by atoms with Gasteiger partial charge in [-0.1, -0.05) is 6.07 Å². The van der Waals surface area contributed by atoms with E-state index in [2.05, 4.69) is 10.3 Å². The van der Waals surface area contributed by atoms with Crippen molar-refractivity contribution in [1.82, 2.24) is 15.1 Å². The van der Waals surface area contributed by atoms with Crippen LogP contribution in [0.5, 0.6) is 0 Å². The molecule has 0 radical (unpaired) electrons. The molecule has 0 saturated heterocycles. The highest BCUT2D eigenvalue weighted by Gasteiger charge is 2.47. The van der Waals surface area contributed by atoms with Crippen LogP contribution in [0.25, 0.3) is 0 Å². The summed E-state index contributed by atoms with van der Waals surface area (Å²) in [5, 5.41) is 4.77. The molecule has 3 amide bonds. The van der Waals surface area contributed by atoms with Gasteiger partial charge in [0, 0.05) is 17.1 Å². The third-order valence-corrected chi connectivity index (χ3v) is 5.68. The number of carbonyl (C=O) groups excluding carboxylic acids is 3. The fourth-order valence-corrected chi connectivity index (χ4v) is 4.21. The maximum Gasteiger partial charge on any atom is 0.250 e. The quantitative estimate of drug-likeness (QED) is 0.775. The minimum absolute atomic E-state index is 0.0232. The van der Waals surface area contributed by atoms with Gasteiger partial charge in [0.05, 0.1) is 19.5 Å². The van der Waals surface area contributed by atoms with Crippen molar-refractivity contribution in [3.05, 3.63) is 46.3 Å². The summed E-state index contributed by atoms with van der Waals surface area (Å²) in [4.78, 5) is 46.8. The first kappa shape index (κ1) is 21.0. The second-order valence-corrected chi connectivity index (χ2v) is 8.88. The van der Waals surface area contributed by atoms with Crippen LogP contribution < -0.4 is 5.32 Å². The normalized spacial score (nSPS) is 20.9. The molecule has 3 heterocycles. The van der Waals surface area contributed by atoms with Crippen molar-refractivity contribution in [3.8, 4) is 0 Å². The Labute approximate surface area is 174 Å². The van der Waals surface area contributed by atoms with Crippen molar-refractivity contribution < 1.29 is 14.4 Å². The van der Waals surface area contributed by atoms with Crippen molar-refractivity contribution >= 4 is 34.9 Å². The van der Waals surface area contributed by atoms with Gasteiger partial charge in [-0.05, 0) is 56.9 Å². The Morgan fingerprint density at radius 2 is 2.17 bits per heavy atom. The molecule has 0 saturated carbocycles. The summed E-state index contributed by atoms with van der Waals surface area (Å²) in [7, 11) is 0. The lowest BCUT2D eigenvalue weighted by atomic mass is 9.90. The van der Waals surface area contributed by atoms with E-state index in [0.717, 1.165) is 10.5 Å². The fourth-order valence-electron chi connectivity index (χ4n) is 3.49. The van der Waals surface area contributed by atoms with Gasteiger partial charge < -0.3 is 15.1 Å². The molecule has 1 atom stereocenters. The zero-order chi connectivity index (χ0) is 21.2. The number of amides is 3. The van der Waals surface area contributed by atoms with Crippen LogP contribution in [0, 0.1) is 0 Å². The maximum atomic E-state index is 13.7. The molecular formula is C21H26N4O3S.